The van der Waals surface area contributed by atoms with Crippen molar-refractivity contribution in [2.24, 2.45) is 0 Å². The third-order valence-corrected chi connectivity index (χ3v) is 6.84. The van der Waals surface area contributed by atoms with Gasteiger partial charge in [-0.05, 0) is 43.2 Å². The van der Waals surface area contributed by atoms with E-state index in [0.717, 1.165) is 57.5 Å². The molecule has 4 rings (SSSR count). The van der Waals surface area contributed by atoms with Gasteiger partial charge in [0.25, 0.3) is 0 Å². The Morgan fingerprint density at radius 2 is 1.86 bits per heavy atom. The van der Waals surface area contributed by atoms with Crippen molar-refractivity contribution in [3.8, 4) is 0 Å². The maximum Gasteiger partial charge on any atom is 0.174 e. The van der Waals surface area contributed by atoms with Gasteiger partial charge in [0.1, 0.15) is 0 Å². The smallest absolute Gasteiger partial charge is 0.174 e. The third kappa shape index (κ3) is 2.88. The molecule has 2 aromatic rings. The summed E-state index contributed by atoms with van der Waals surface area (Å²) >= 11 is 0. The van der Waals surface area contributed by atoms with Crippen LogP contribution in [0.5, 0.6) is 0 Å². The predicted molar refractivity (Wildman–Crippen MR) is 119 cm³/mol. The molecule has 2 aliphatic rings. The van der Waals surface area contributed by atoms with E-state index >= 15 is 0 Å². The van der Waals surface area contributed by atoms with Gasteiger partial charge in [-0.1, -0.05) is 50.3 Å². The monoisotopic (exact) mass is 376 g/mol. The Morgan fingerprint density at radius 1 is 1.07 bits per heavy atom. The van der Waals surface area contributed by atoms with E-state index in [1.165, 1.54) is 27.6 Å². The van der Waals surface area contributed by atoms with Gasteiger partial charge in [0, 0.05) is 49.4 Å². The molecule has 2 aromatic carbocycles. The molecule has 0 atom stereocenters. The minimum Gasteiger partial charge on any atom is -0.370 e. The molecule has 0 saturated carbocycles. The molecule has 1 heterocycles. The zero-order valence-corrected chi connectivity index (χ0v) is 17.6. The van der Waals surface area contributed by atoms with Crippen molar-refractivity contribution in [1.82, 2.24) is 4.90 Å². The lowest BCUT2D eigenvalue weighted by molar-refractivity contribution is 0.0886. The van der Waals surface area contributed by atoms with Gasteiger partial charge in [0.15, 0.2) is 5.78 Å². The average molecular weight is 377 g/mol. The van der Waals surface area contributed by atoms with Gasteiger partial charge in [0.2, 0.25) is 0 Å². The highest BCUT2D eigenvalue weighted by Crippen LogP contribution is 2.48. The number of hydrogen-bond acceptors (Lipinski definition) is 3. The lowest BCUT2D eigenvalue weighted by Crippen LogP contribution is -2.32. The summed E-state index contributed by atoms with van der Waals surface area (Å²) in [7, 11) is 0. The van der Waals surface area contributed by atoms with E-state index in [-0.39, 0.29) is 5.41 Å². The van der Waals surface area contributed by atoms with Crippen LogP contribution in [0.1, 0.15) is 56.0 Å². The minimum atomic E-state index is -0.336. The van der Waals surface area contributed by atoms with Crippen molar-refractivity contribution in [3.63, 3.8) is 0 Å². The largest absolute Gasteiger partial charge is 0.370 e. The zero-order chi connectivity index (χ0) is 19.9. The number of carbonyl (C=O) groups excluding carboxylic acids is 1. The predicted octanol–water partition coefficient (Wildman–Crippen LogP) is 5.18. The molecular formula is C25H32N2O. The fourth-order valence-electron chi connectivity index (χ4n) is 5.34. The molecule has 1 saturated heterocycles. The SMILES string of the molecule is C=C(C)CN1CCCN(c2ccc3c4c(cccc24)C(=O)C3(CC)CC)CC1. The third-order valence-electron chi connectivity index (χ3n) is 6.84. The molecule has 1 fully saturated rings. The highest BCUT2D eigenvalue weighted by atomic mass is 16.1. The van der Waals surface area contributed by atoms with Gasteiger partial charge in [-0.25, -0.2) is 0 Å². The Bertz CT molecular complexity index is 926. The molecule has 1 aliphatic heterocycles. The molecule has 28 heavy (non-hydrogen) atoms. The Balaban J connectivity index is 1.75. The van der Waals surface area contributed by atoms with Crippen LogP contribution in [0.25, 0.3) is 10.8 Å². The molecule has 0 amide bonds. The van der Waals surface area contributed by atoms with Crippen LogP contribution in [0.3, 0.4) is 0 Å². The summed E-state index contributed by atoms with van der Waals surface area (Å²) < 4.78 is 0. The summed E-state index contributed by atoms with van der Waals surface area (Å²) in [5.41, 5.74) is 4.35. The Hall–Kier alpha value is -2.13. The van der Waals surface area contributed by atoms with E-state index in [0.29, 0.717) is 5.78 Å². The fraction of sp³-hybridized carbons (Fsp3) is 0.480. The van der Waals surface area contributed by atoms with E-state index in [1.807, 2.05) is 6.07 Å². The van der Waals surface area contributed by atoms with E-state index in [1.54, 1.807) is 0 Å². The van der Waals surface area contributed by atoms with E-state index < -0.39 is 0 Å². The van der Waals surface area contributed by atoms with Crippen LogP contribution in [0.15, 0.2) is 42.5 Å². The van der Waals surface area contributed by atoms with Crippen LogP contribution in [0.2, 0.25) is 0 Å². The van der Waals surface area contributed by atoms with Crippen LogP contribution in [-0.2, 0) is 5.41 Å². The molecule has 0 unspecified atom stereocenters. The van der Waals surface area contributed by atoms with Crippen LogP contribution in [-0.4, -0.2) is 43.4 Å². The number of nitrogens with zero attached hydrogens (tertiary/aromatic N) is 2. The van der Waals surface area contributed by atoms with Crippen molar-refractivity contribution >= 4 is 22.2 Å². The van der Waals surface area contributed by atoms with E-state index in [4.69, 9.17) is 0 Å². The fourth-order valence-corrected chi connectivity index (χ4v) is 5.34. The number of benzene rings is 2. The minimum absolute atomic E-state index is 0.318. The van der Waals surface area contributed by atoms with Crippen molar-refractivity contribution in [2.75, 3.05) is 37.6 Å². The number of anilines is 1. The molecule has 0 N–H and O–H groups in total. The highest BCUT2D eigenvalue weighted by molar-refractivity contribution is 6.22. The second kappa shape index (κ2) is 7.36. The second-order valence-corrected chi connectivity index (χ2v) is 8.55. The van der Waals surface area contributed by atoms with Gasteiger partial charge >= 0.3 is 0 Å². The molecule has 0 spiro atoms. The molecule has 0 bridgehead atoms. The first-order valence-corrected chi connectivity index (χ1v) is 10.7. The van der Waals surface area contributed by atoms with Crippen LogP contribution >= 0.6 is 0 Å². The lowest BCUT2D eigenvalue weighted by atomic mass is 9.75. The second-order valence-electron chi connectivity index (χ2n) is 8.55. The maximum absolute atomic E-state index is 13.3. The van der Waals surface area contributed by atoms with Crippen molar-refractivity contribution < 1.29 is 4.79 Å². The van der Waals surface area contributed by atoms with Crippen molar-refractivity contribution in [2.45, 2.75) is 45.4 Å². The van der Waals surface area contributed by atoms with E-state index in [9.17, 15) is 4.79 Å². The summed E-state index contributed by atoms with van der Waals surface area (Å²) in [5.74, 6) is 0.318. The van der Waals surface area contributed by atoms with Gasteiger partial charge in [-0.3, -0.25) is 9.69 Å². The van der Waals surface area contributed by atoms with Gasteiger partial charge in [-0.15, -0.1) is 0 Å². The summed E-state index contributed by atoms with van der Waals surface area (Å²) in [4.78, 5) is 18.3. The molecule has 3 heteroatoms. The normalized spacial score (nSPS) is 19.2. The Labute approximate surface area is 169 Å². The summed E-state index contributed by atoms with van der Waals surface area (Å²) in [6.45, 7) is 15.7. The first kappa shape index (κ1) is 19.2. The zero-order valence-electron chi connectivity index (χ0n) is 17.6. The topological polar surface area (TPSA) is 23.6 Å². The van der Waals surface area contributed by atoms with Crippen LogP contribution in [0, 0.1) is 0 Å². The van der Waals surface area contributed by atoms with Gasteiger partial charge in [0.05, 0.1) is 5.41 Å². The molecule has 148 valence electrons. The number of carbonyl (C=O) groups is 1. The molecule has 0 aromatic heterocycles. The summed E-state index contributed by atoms with van der Waals surface area (Å²) in [6, 6.07) is 10.8. The van der Waals surface area contributed by atoms with Crippen molar-refractivity contribution in [1.29, 1.82) is 0 Å². The quantitative estimate of drug-likeness (QED) is 0.672. The Morgan fingerprint density at radius 3 is 2.57 bits per heavy atom. The van der Waals surface area contributed by atoms with Crippen LogP contribution < -0.4 is 4.90 Å². The number of rotatable bonds is 5. The first-order valence-electron chi connectivity index (χ1n) is 10.7. The van der Waals surface area contributed by atoms with Gasteiger partial charge < -0.3 is 4.90 Å². The van der Waals surface area contributed by atoms with Crippen LogP contribution in [0.4, 0.5) is 5.69 Å². The Kier molecular flexibility index (Phi) is 5.05. The van der Waals surface area contributed by atoms with E-state index in [2.05, 4.69) is 61.4 Å². The van der Waals surface area contributed by atoms with Gasteiger partial charge in [-0.2, -0.15) is 0 Å². The average Bonchev–Trinajstić information content (AvgIpc) is 2.82. The first-order chi connectivity index (χ1) is 13.5. The highest BCUT2D eigenvalue weighted by Gasteiger charge is 2.44. The lowest BCUT2D eigenvalue weighted by Gasteiger charge is -2.28. The molecule has 1 aliphatic carbocycles. The molecule has 0 radical (unpaired) electrons. The maximum atomic E-state index is 13.3. The number of hydrogen-bond donors (Lipinski definition) is 0. The standard InChI is InChI=1S/C25H32N2O/c1-5-25(6-2)21-11-12-22(19-9-7-10-20(23(19)21)24(25)28)27-14-8-13-26(15-16-27)17-18(3)4/h7,9-12H,3,5-6,8,13-17H2,1-2,4H3. The number of Topliss-reactive ketones (excluding diaryl/α,β-unsaturated/α-hetero) is 1. The molecular weight excluding hydrogens is 344 g/mol. The number of ketones is 1. The summed E-state index contributed by atoms with van der Waals surface area (Å²) in [5, 5.41) is 2.46. The van der Waals surface area contributed by atoms with Crippen molar-refractivity contribution in [3.05, 3.63) is 53.6 Å². The molecule has 3 nitrogen and oxygen atoms in total. The summed E-state index contributed by atoms with van der Waals surface area (Å²) in [6.07, 6.45) is 2.89.